The summed E-state index contributed by atoms with van der Waals surface area (Å²) in [6, 6.07) is 4.46. The third-order valence-corrected chi connectivity index (χ3v) is 2.43. The van der Waals surface area contributed by atoms with Crippen LogP contribution in [0.2, 0.25) is 0 Å². The molecular formula is C12H15BrFNO2. The zero-order valence-electron chi connectivity index (χ0n) is 10.0. The number of hydroxylamine groups is 1. The molecule has 0 fully saturated rings. The molecule has 0 radical (unpaired) electrons. The van der Waals surface area contributed by atoms with Gasteiger partial charge in [-0.25, -0.2) is 9.87 Å². The lowest BCUT2D eigenvalue weighted by molar-refractivity contribution is -0.144. The van der Waals surface area contributed by atoms with Crippen molar-refractivity contribution in [1.29, 1.82) is 0 Å². The van der Waals surface area contributed by atoms with Gasteiger partial charge in [0.15, 0.2) is 0 Å². The summed E-state index contributed by atoms with van der Waals surface area (Å²) < 4.78 is 13.3. The lowest BCUT2D eigenvalue weighted by Gasteiger charge is -2.18. The van der Waals surface area contributed by atoms with Gasteiger partial charge in [-0.1, -0.05) is 6.07 Å². The highest BCUT2D eigenvalue weighted by atomic mass is 79.9. The molecule has 1 N–H and O–H groups in total. The monoisotopic (exact) mass is 303 g/mol. The van der Waals surface area contributed by atoms with E-state index in [1.807, 2.05) is 20.8 Å². The van der Waals surface area contributed by atoms with Crippen LogP contribution in [-0.4, -0.2) is 11.5 Å². The third-order valence-electron chi connectivity index (χ3n) is 1.82. The van der Waals surface area contributed by atoms with E-state index in [1.165, 1.54) is 6.07 Å². The average molecular weight is 304 g/mol. The molecule has 1 amide bonds. The first-order valence-electron chi connectivity index (χ1n) is 5.19. The van der Waals surface area contributed by atoms with E-state index in [-0.39, 0.29) is 18.1 Å². The van der Waals surface area contributed by atoms with Crippen molar-refractivity contribution in [2.45, 2.75) is 32.8 Å². The number of nitrogens with one attached hydrogen (secondary N) is 1. The Bertz CT molecular complexity index is 415. The van der Waals surface area contributed by atoms with Crippen molar-refractivity contribution in [3.05, 3.63) is 34.1 Å². The normalized spacial score (nSPS) is 11.4. The van der Waals surface area contributed by atoms with Crippen LogP contribution in [0, 0.1) is 5.82 Å². The summed E-state index contributed by atoms with van der Waals surface area (Å²) >= 11 is 3.07. The Morgan fingerprint density at radius 2 is 2.12 bits per heavy atom. The van der Waals surface area contributed by atoms with Crippen molar-refractivity contribution in [1.82, 2.24) is 5.48 Å². The Morgan fingerprint density at radius 3 is 2.65 bits per heavy atom. The summed E-state index contributed by atoms with van der Waals surface area (Å²) in [5, 5.41) is 0. The smallest absolute Gasteiger partial charge is 0.247 e. The first kappa shape index (κ1) is 14.1. The zero-order valence-corrected chi connectivity index (χ0v) is 11.6. The molecule has 0 spiro atoms. The molecule has 1 aromatic rings. The largest absolute Gasteiger partial charge is 0.272 e. The molecule has 0 atom stereocenters. The Labute approximate surface area is 108 Å². The van der Waals surface area contributed by atoms with Gasteiger partial charge >= 0.3 is 0 Å². The second kappa shape index (κ2) is 5.60. The van der Waals surface area contributed by atoms with Crippen molar-refractivity contribution in [3.8, 4) is 0 Å². The quantitative estimate of drug-likeness (QED) is 0.872. The molecule has 0 heterocycles. The van der Waals surface area contributed by atoms with Gasteiger partial charge in [-0.05, 0) is 54.4 Å². The minimum atomic E-state index is -0.432. The predicted molar refractivity (Wildman–Crippen MR) is 66.8 cm³/mol. The molecule has 17 heavy (non-hydrogen) atoms. The summed E-state index contributed by atoms with van der Waals surface area (Å²) in [4.78, 5) is 16.6. The molecule has 0 aromatic heterocycles. The molecule has 0 saturated carbocycles. The number of hydrogen-bond donors (Lipinski definition) is 1. The maximum Gasteiger partial charge on any atom is 0.247 e. The van der Waals surface area contributed by atoms with E-state index >= 15 is 0 Å². The fourth-order valence-corrected chi connectivity index (χ4v) is 1.51. The van der Waals surface area contributed by atoms with E-state index in [0.29, 0.717) is 10.0 Å². The van der Waals surface area contributed by atoms with E-state index in [2.05, 4.69) is 21.4 Å². The van der Waals surface area contributed by atoms with Crippen molar-refractivity contribution in [2.75, 3.05) is 0 Å². The Hall–Kier alpha value is -0.940. The predicted octanol–water partition coefficient (Wildman–Crippen LogP) is 2.98. The molecule has 0 aliphatic carbocycles. The fraction of sp³-hybridized carbons (Fsp3) is 0.417. The standard InChI is InChI=1S/C12H15BrFNO2/c1-12(2,3)17-15-11(16)7-8-4-5-10(14)9(13)6-8/h4-6H,7H2,1-3H3,(H,15,16). The van der Waals surface area contributed by atoms with Crippen LogP contribution in [0.25, 0.3) is 0 Å². The minimum Gasteiger partial charge on any atom is -0.272 e. The number of benzene rings is 1. The SMILES string of the molecule is CC(C)(C)ONC(=O)Cc1ccc(F)c(Br)c1. The molecule has 3 nitrogen and oxygen atoms in total. The van der Waals surface area contributed by atoms with Crippen molar-refractivity contribution >= 4 is 21.8 Å². The van der Waals surface area contributed by atoms with Gasteiger partial charge in [0.05, 0.1) is 16.5 Å². The van der Waals surface area contributed by atoms with Gasteiger partial charge in [0, 0.05) is 0 Å². The van der Waals surface area contributed by atoms with Crippen LogP contribution < -0.4 is 5.48 Å². The maximum absolute atomic E-state index is 13.0. The van der Waals surface area contributed by atoms with E-state index in [4.69, 9.17) is 4.84 Å². The van der Waals surface area contributed by atoms with Gasteiger partial charge in [0.2, 0.25) is 5.91 Å². The highest BCUT2D eigenvalue weighted by molar-refractivity contribution is 9.10. The molecule has 0 aliphatic rings. The number of halogens is 2. The van der Waals surface area contributed by atoms with E-state index in [1.54, 1.807) is 12.1 Å². The van der Waals surface area contributed by atoms with Gasteiger partial charge in [-0.3, -0.25) is 9.63 Å². The number of hydrogen-bond acceptors (Lipinski definition) is 2. The molecule has 1 rings (SSSR count). The molecule has 5 heteroatoms. The Morgan fingerprint density at radius 1 is 1.47 bits per heavy atom. The van der Waals surface area contributed by atoms with Crippen LogP contribution in [0.3, 0.4) is 0 Å². The van der Waals surface area contributed by atoms with Gasteiger partial charge in [0.25, 0.3) is 0 Å². The van der Waals surface area contributed by atoms with E-state index in [9.17, 15) is 9.18 Å². The lowest BCUT2D eigenvalue weighted by atomic mass is 10.1. The first-order chi connectivity index (χ1) is 7.78. The summed E-state index contributed by atoms with van der Waals surface area (Å²) in [5.41, 5.74) is 2.64. The number of carbonyl (C=O) groups is 1. The fourth-order valence-electron chi connectivity index (χ4n) is 1.08. The summed E-state index contributed by atoms with van der Waals surface area (Å²) in [7, 11) is 0. The van der Waals surface area contributed by atoms with Gasteiger partial charge in [-0.2, -0.15) is 0 Å². The molecule has 0 bridgehead atoms. The molecule has 0 saturated heterocycles. The van der Waals surface area contributed by atoms with Gasteiger partial charge in [0.1, 0.15) is 5.82 Å². The minimum absolute atomic E-state index is 0.148. The molecule has 94 valence electrons. The van der Waals surface area contributed by atoms with Crippen LogP contribution in [0.15, 0.2) is 22.7 Å². The van der Waals surface area contributed by atoms with Crippen LogP contribution in [0.1, 0.15) is 26.3 Å². The first-order valence-corrected chi connectivity index (χ1v) is 5.98. The summed E-state index contributed by atoms with van der Waals surface area (Å²) in [5.74, 6) is -0.612. The van der Waals surface area contributed by atoms with Crippen molar-refractivity contribution < 1.29 is 14.0 Å². The van der Waals surface area contributed by atoms with Crippen molar-refractivity contribution in [2.24, 2.45) is 0 Å². The molecule has 0 aliphatic heterocycles. The lowest BCUT2D eigenvalue weighted by Crippen LogP contribution is -2.34. The van der Waals surface area contributed by atoms with Crippen LogP contribution in [0.4, 0.5) is 4.39 Å². The number of rotatable bonds is 3. The highest BCUT2D eigenvalue weighted by Crippen LogP contribution is 2.17. The Balaban J connectivity index is 2.54. The van der Waals surface area contributed by atoms with E-state index < -0.39 is 5.60 Å². The third kappa shape index (κ3) is 5.28. The van der Waals surface area contributed by atoms with Crippen molar-refractivity contribution in [3.63, 3.8) is 0 Å². The maximum atomic E-state index is 13.0. The van der Waals surface area contributed by atoms with Gasteiger partial charge in [-0.15, -0.1) is 0 Å². The van der Waals surface area contributed by atoms with Crippen LogP contribution >= 0.6 is 15.9 Å². The number of carbonyl (C=O) groups excluding carboxylic acids is 1. The van der Waals surface area contributed by atoms with Gasteiger partial charge < -0.3 is 0 Å². The molecular weight excluding hydrogens is 289 g/mol. The summed E-state index contributed by atoms with van der Waals surface area (Å²) in [6.07, 6.45) is 0.148. The molecule has 0 unspecified atom stereocenters. The second-order valence-corrected chi connectivity index (χ2v) is 5.52. The average Bonchev–Trinajstić information content (AvgIpc) is 2.20. The second-order valence-electron chi connectivity index (χ2n) is 4.66. The highest BCUT2D eigenvalue weighted by Gasteiger charge is 2.13. The zero-order chi connectivity index (χ0) is 13.1. The van der Waals surface area contributed by atoms with Crippen LogP contribution in [0.5, 0.6) is 0 Å². The van der Waals surface area contributed by atoms with E-state index in [0.717, 1.165) is 0 Å². The summed E-state index contributed by atoms with van der Waals surface area (Å²) in [6.45, 7) is 5.51. The number of amides is 1. The molecule has 1 aromatic carbocycles. The van der Waals surface area contributed by atoms with Crippen LogP contribution in [-0.2, 0) is 16.1 Å². The topological polar surface area (TPSA) is 38.3 Å². The Kier molecular flexibility index (Phi) is 4.65.